The molecule has 1 N–H and O–H groups in total. The topological polar surface area (TPSA) is 80.1 Å². The Balaban J connectivity index is 2.06. The molecule has 1 atom stereocenters. The van der Waals surface area contributed by atoms with E-state index >= 15 is 0 Å². The van der Waals surface area contributed by atoms with Gasteiger partial charge in [0.25, 0.3) is 11.9 Å². The van der Waals surface area contributed by atoms with Gasteiger partial charge >= 0.3 is 0 Å². The number of imidazole rings is 1. The maximum atomic E-state index is 13.3. The number of ether oxygens (including phenoxy) is 2. The molecular formula is C19H25ClN4O4. The summed E-state index contributed by atoms with van der Waals surface area (Å²) in [5.41, 5.74) is 1.41. The van der Waals surface area contributed by atoms with E-state index in [0.29, 0.717) is 48.7 Å². The summed E-state index contributed by atoms with van der Waals surface area (Å²) in [5, 5.41) is 9.86. The summed E-state index contributed by atoms with van der Waals surface area (Å²) in [6, 6.07) is 7.81. The number of amides is 1. The zero-order chi connectivity index (χ0) is 20.3. The molecule has 0 saturated heterocycles. The van der Waals surface area contributed by atoms with Crippen LogP contribution in [-0.4, -0.2) is 65.7 Å². The molecule has 1 aliphatic rings. The lowest BCUT2D eigenvalue weighted by Crippen LogP contribution is -2.55. The van der Waals surface area contributed by atoms with Gasteiger partial charge in [-0.15, -0.1) is 0 Å². The van der Waals surface area contributed by atoms with E-state index in [9.17, 15) is 9.90 Å². The van der Waals surface area contributed by atoms with Gasteiger partial charge in [-0.25, -0.2) is 0 Å². The summed E-state index contributed by atoms with van der Waals surface area (Å²) in [7, 11) is 3.36. The first kappa shape index (κ1) is 20.4. The number of carbonyl (C=O) groups excluding carboxylic acids is 1. The smallest absolute Gasteiger partial charge is 0.299 e. The van der Waals surface area contributed by atoms with E-state index in [4.69, 9.17) is 21.1 Å². The first-order valence-electron chi connectivity index (χ1n) is 9.17. The zero-order valence-electron chi connectivity index (χ0n) is 16.3. The van der Waals surface area contributed by atoms with Crippen molar-refractivity contribution in [2.45, 2.75) is 26.2 Å². The highest BCUT2D eigenvalue weighted by Gasteiger charge is 2.41. The third-order valence-corrected chi connectivity index (χ3v) is 4.86. The molecule has 0 radical (unpaired) electrons. The minimum absolute atomic E-state index is 0.00891. The van der Waals surface area contributed by atoms with Crippen molar-refractivity contribution < 1.29 is 19.4 Å². The van der Waals surface area contributed by atoms with Gasteiger partial charge < -0.3 is 19.5 Å². The SMILES string of the molecule is CCOc1nc2c(n1Cc1ccc(Cl)cc1)C(=O)N(CCCO)C(OC)N2C. The molecule has 152 valence electrons. The zero-order valence-corrected chi connectivity index (χ0v) is 17.0. The number of methoxy groups -OCH3 is 1. The molecule has 0 bridgehead atoms. The predicted octanol–water partition coefficient (Wildman–Crippen LogP) is 2.19. The van der Waals surface area contributed by atoms with Crippen molar-refractivity contribution in [3.05, 3.63) is 40.5 Å². The van der Waals surface area contributed by atoms with Crippen LogP contribution in [-0.2, 0) is 11.3 Å². The molecule has 2 heterocycles. The first-order valence-corrected chi connectivity index (χ1v) is 9.54. The molecule has 0 fully saturated rings. The van der Waals surface area contributed by atoms with Gasteiger partial charge in [0.15, 0.2) is 11.5 Å². The minimum atomic E-state index is -0.597. The number of anilines is 1. The highest BCUT2D eigenvalue weighted by Crippen LogP contribution is 2.34. The molecule has 1 aromatic carbocycles. The second kappa shape index (κ2) is 8.81. The van der Waals surface area contributed by atoms with Crippen LogP contribution in [0.25, 0.3) is 0 Å². The highest BCUT2D eigenvalue weighted by atomic mass is 35.5. The van der Waals surface area contributed by atoms with E-state index in [1.165, 1.54) is 0 Å². The maximum Gasteiger partial charge on any atom is 0.299 e. The molecule has 1 amide bonds. The standard InChI is InChI=1S/C19H25ClN4O4/c1-4-28-18-21-16-15(24(18)12-13-6-8-14(20)9-7-13)17(26)23(10-5-11-25)19(27-3)22(16)2/h6-9,19,25H,4-5,10-12H2,1-3H3. The van der Waals surface area contributed by atoms with Crippen LogP contribution in [0.15, 0.2) is 24.3 Å². The van der Waals surface area contributed by atoms with Gasteiger partial charge in [-0.2, -0.15) is 4.98 Å². The van der Waals surface area contributed by atoms with Crippen LogP contribution in [0.5, 0.6) is 6.01 Å². The van der Waals surface area contributed by atoms with Crippen LogP contribution in [0.3, 0.4) is 0 Å². The molecule has 2 aromatic rings. The maximum absolute atomic E-state index is 13.3. The summed E-state index contributed by atoms with van der Waals surface area (Å²) >= 11 is 5.99. The Kier molecular flexibility index (Phi) is 6.43. The average Bonchev–Trinajstić information content (AvgIpc) is 3.04. The van der Waals surface area contributed by atoms with Gasteiger partial charge in [-0.3, -0.25) is 14.3 Å². The number of benzene rings is 1. The van der Waals surface area contributed by atoms with Crippen molar-refractivity contribution in [3.8, 4) is 6.01 Å². The van der Waals surface area contributed by atoms with Crippen LogP contribution < -0.4 is 9.64 Å². The number of fused-ring (bicyclic) bond motifs is 1. The quantitative estimate of drug-likeness (QED) is 0.721. The number of rotatable bonds is 8. The Morgan fingerprint density at radius 2 is 2.00 bits per heavy atom. The second-order valence-corrected chi connectivity index (χ2v) is 6.90. The van der Waals surface area contributed by atoms with Crippen molar-refractivity contribution in [1.82, 2.24) is 14.5 Å². The van der Waals surface area contributed by atoms with Crippen LogP contribution in [0.4, 0.5) is 5.82 Å². The van der Waals surface area contributed by atoms with Crippen LogP contribution in [0, 0.1) is 0 Å². The van der Waals surface area contributed by atoms with E-state index in [-0.39, 0.29) is 12.5 Å². The Labute approximate surface area is 169 Å². The number of halogens is 1. The second-order valence-electron chi connectivity index (χ2n) is 6.46. The molecular weight excluding hydrogens is 384 g/mol. The number of hydrogen-bond acceptors (Lipinski definition) is 6. The van der Waals surface area contributed by atoms with Gasteiger partial charge in [0.1, 0.15) is 0 Å². The Morgan fingerprint density at radius 3 is 2.61 bits per heavy atom. The summed E-state index contributed by atoms with van der Waals surface area (Å²) in [5.74, 6) is 0.301. The molecule has 28 heavy (non-hydrogen) atoms. The van der Waals surface area contributed by atoms with E-state index < -0.39 is 6.35 Å². The van der Waals surface area contributed by atoms with Crippen molar-refractivity contribution >= 4 is 23.3 Å². The van der Waals surface area contributed by atoms with E-state index in [1.807, 2.05) is 38.2 Å². The molecule has 0 spiro atoms. The van der Waals surface area contributed by atoms with Crippen molar-refractivity contribution in [2.75, 3.05) is 38.8 Å². The molecule has 9 heteroatoms. The highest BCUT2D eigenvalue weighted by molar-refractivity contribution is 6.30. The lowest BCUT2D eigenvalue weighted by molar-refractivity contribution is -0.0259. The van der Waals surface area contributed by atoms with Gasteiger partial charge in [0.05, 0.1) is 13.2 Å². The van der Waals surface area contributed by atoms with Crippen molar-refractivity contribution in [2.24, 2.45) is 0 Å². The fourth-order valence-corrected chi connectivity index (χ4v) is 3.45. The summed E-state index contributed by atoms with van der Waals surface area (Å²) in [6.45, 7) is 3.08. The average molecular weight is 409 g/mol. The minimum Gasteiger partial charge on any atom is -0.465 e. The summed E-state index contributed by atoms with van der Waals surface area (Å²) < 4.78 is 13.0. The Bertz CT molecular complexity index is 824. The molecule has 1 aliphatic heterocycles. The van der Waals surface area contributed by atoms with E-state index in [1.54, 1.807) is 21.5 Å². The number of hydrogen-bond donors (Lipinski definition) is 1. The molecule has 8 nitrogen and oxygen atoms in total. The Hall–Kier alpha value is -2.29. The molecule has 1 aromatic heterocycles. The summed E-state index contributed by atoms with van der Waals surface area (Å²) in [4.78, 5) is 21.3. The Morgan fingerprint density at radius 1 is 1.29 bits per heavy atom. The third kappa shape index (κ3) is 3.80. The number of aliphatic hydroxyl groups is 1. The lowest BCUT2D eigenvalue weighted by atomic mass is 10.2. The van der Waals surface area contributed by atoms with Crippen LogP contribution >= 0.6 is 11.6 Å². The molecule has 1 unspecified atom stereocenters. The summed E-state index contributed by atoms with van der Waals surface area (Å²) in [6.07, 6.45) is -0.141. The van der Waals surface area contributed by atoms with Gasteiger partial charge in [0.2, 0.25) is 6.35 Å². The monoisotopic (exact) mass is 408 g/mol. The molecule has 0 saturated carbocycles. The van der Waals surface area contributed by atoms with Gasteiger partial charge in [-0.05, 0) is 31.0 Å². The fourth-order valence-electron chi connectivity index (χ4n) is 3.32. The largest absolute Gasteiger partial charge is 0.465 e. The molecule has 0 aliphatic carbocycles. The number of aromatic nitrogens is 2. The number of nitrogens with zero attached hydrogens (tertiary/aromatic N) is 4. The van der Waals surface area contributed by atoms with Crippen LogP contribution in [0.1, 0.15) is 29.4 Å². The van der Waals surface area contributed by atoms with Gasteiger partial charge in [0, 0.05) is 32.3 Å². The number of carbonyl (C=O) groups is 1. The van der Waals surface area contributed by atoms with Gasteiger partial charge in [-0.1, -0.05) is 23.7 Å². The predicted molar refractivity (Wildman–Crippen MR) is 106 cm³/mol. The van der Waals surface area contributed by atoms with Crippen molar-refractivity contribution in [3.63, 3.8) is 0 Å². The van der Waals surface area contributed by atoms with E-state index in [0.717, 1.165) is 5.56 Å². The first-order chi connectivity index (χ1) is 13.5. The third-order valence-electron chi connectivity index (χ3n) is 4.60. The molecule has 3 rings (SSSR count). The van der Waals surface area contributed by atoms with E-state index in [2.05, 4.69) is 4.98 Å². The number of aliphatic hydroxyl groups excluding tert-OH is 1. The lowest BCUT2D eigenvalue weighted by Gasteiger charge is -2.40. The fraction of sp³-hybridized carbons (Fsp3) is 0.474. The normalized spacial score (nSPS) is 16.5. The van der Waals surface area contributed by atoms with Crippen LogP contribution in [0.2, 0.25) is 5.02 Å². The van der Waals surface area contributed by atoms with Crippen molar-refractivity contribution in [1.29, 1.82) is 0 Å².